The van der Waals surface area contributed by atoms with Gasteiger partial charge in [0.25, 0.3) is 0 Å². The molecule has 1 amide bonds. The summed E-state index contributed by atoms with van der Waals surface area (Å²) in [5.41, 5.74) is 2.08. The number of aliphatic imine (C=N–C) groups is 2. The van der Waals surface area contributed by atoms with Crippen molar-refractivity contribution in [3.8, 4) is 0 Å². The number of carbonyl (C=O) groups excluding carboxylic acids is 1. The molecule has 0 unspecified atom stereocenters. The lowest BCUT2D eigenvalue weighted by atomic mass is 9.86. The van der Waals surface area contributed by atoms with Gasteiger partial charge in [0.1, 0.15) is 0 Å². The number of piperidine rings is 1. The van der Waals surface area contributed by atoms with Crippen LogP contribution in [-0.2, 0) is 4.79 Å². The van der Waals surface area contributed by atoms with Crippen molar-refractivity contribution in [1.29, 1.82) is 0 Å². The standard InChI is InChI=1S/C21H39N5O.C2H6/c1-15(2)12-25-20(27)16(3)18(19(22-7)21(4,5)6)26-14-24-13-17-8-10-23-11-9-17;1-2/h14-15,17,23H,8-13H2,1-7H3,(H,24,26)(H,25,27);1-2H3/b18-16-,22-19?;. The van der Waals surface area contributed by atoms with Gasteiger partial charge in [0.15, 0.2) is 0 Å². The molecule has 3 N–H and O–H groups in total. The monoisotopic (exact) mass is 407 g/mol. The highest BCUT2D eigenvalue weighted by Gasteiger charge is 2.25. The van der Waals surface area contributed by atoms with Crippen molar-refractivity contribution >= 4 is 18.0 Å². The second-order valence-corrected chi connectivity index (χ2v) is 8.76. The Balaban J connectivity index is 0.00000379. The Labute approximate surface area is 179 Å². The zero-order chi connectivity index (χ0) is 22.4. The number of carbonyl (C=O) groups is 1. The van der Waals surface area contributed by atoms with Crippen LogP contribution in [0.1, 0.15) is 68.2 Å². The molecule has 0 aromatic heterocycles. The van der Waals surface area contributed by atoms with Crippen LogP contribution in [0.3, 0.4) is 0 Å². The first kappa shape index (κ1) is 27.3. The average Bonchev–Trinajstić information content (AvgIpc) is 2.69. The third-order valence-corrected chi connectivity index (χ3v) is 4.68. The molecule has 1 rings (SSSR count). The first-order valence-corrected chi connectivity index (χ1v) is 11.1. The number of nitrogens with one attached hydrogen (secondary N) is 3. The molecule has 0 spiro atoms. The molecule has 0 radical (unpaired) electrons. The third kappa shape index (κ3) is 10.6. The van der Waals surface area contributed by atoms with E-state index in [1.54, 1.807) is 13.4 Å². The zero-order valence-electron chi connectivity index (χ0n) is 20.3. The normalized spacial score (nSPS) is 17.0. The predicted molar refractivity (Wildman–Crippen MR) is 127 cm³/mol. The summed E-state index contributed by atoms with van der Waals surface area (Å²) in [6.45, 7) is 19.9. The van der Waals surface area contributed by atoms with Crippen molar-refractivity contribution in [2.24, 2.45) is 27.2 Å². The van der Waals surface area contributed by atoms with Gasteiger partial charge in [-0.05, 0) is 44.7 Å². The van der Waals surface area contributed by atoms with E-state index in [-0.39, 0.29) is 11.3 Å². The summed E-state index contributed by atoms with van der Waals surface area (Å²) in [7, 11) is 1.77. The van der Waals surface area contributed by atoms with Crippen LogP contribution in [0.15, 0.2) is 21.3 Å². The molecule has 1 saturated heterocycles. The topological polar surface area (TPSA) is 77.9 Å². The highest BCUT2D eigenvalue weighted by Crippen LogP contribution is 2.22. The molecule has 168 valence electrons. The van der Waals surface area contributed by atoms with Gasteiger partial charge in [0.2, 0.25) is 5.91 Å². The summed E-state index contributed by atoms with van der Waals surface area (Å²) >= 11 is 0. The zero-order valence-corrected chi connectivity index (χ0v) is 20.3. The van der Waals surface area contributed by atoms with Crippen LogP contribution in [-0.4, -0.2) is 51.2 Å². The van der Waals surface area contributed by atoms with E-state index >= 15 is 0 Å². The molecule has 0 saturated carbocycles. The van der Waals surface area contributed by atoms with Crippen molar-refractivity contribution in [3.63, 3.8) is 0 Å². The predicted octanol–water partition coefficient (Wildman–Crippen LogP) is 3.79. The number of hydrogen-bond donors (Lipinski definition) is 3. The molecule has 29 heavy (non-hydrogen) atoms. The van der Waals surface area contributed by atoms with E-state index in [2.05, 4.69) is 60.6 Å². The van der Waals surface area contributed by atoms with E-state index in [0.717, 1.165) is 31.0 Å². The maximum Gasteiger partial charge on any atom is 0.249 e. The van der Waals surface area contributed by atoms with Crippen LogP contribution in [0.2, 0.25) is 0 Å². The fourth-order valence-corrected chi connectivity index (χ4v) is 3.10. The molecule has 6 heteroatoms. The lowest BCUT2D eigenvalue weighted by Crippen LogP contribution is -2.35. The lowest BCUT2D eigenvalue weighted by Gasteiger charge is -2.25. The van der Waals surface area contributed by atoms with Gasteiger partial charge in [0.05, 0.1) is 17.7 Å². The molecule has 1 heterocycles. The van der Waals surface area contributed by atoms with Crippen molar-refractivity contribution in [2.75, 3.05) is 33.2 Å². The third-order valence-electron chi connectivity index (χ3n) is 4.68. The van der Waals surface area contributed by atoms with Crippen LogP contribution in [0, 0.1) is 17.3 Å². The minimum atomic E-state index is -0.181. The molecular weight excluding hydrogens is 362 g/mol. The summed E-state index contributed by atoms with van der Waals surface area (Å²) in [6, 6.07) is 0. The summed E-state index contributed by atoms with van der Waals surface area (Å²) in [5, 5.41) is 9.63. The number of rotatable bonds is 8. The van der Waals surface area contributed by atoms with Gasteiger partial charge < -0.3 is 16.0 Å². The van der Waals surface area contributed by atoms with Crippen LogP contribution in [0.5, 0.6) is 0 Å². The molecular formula is C23H45N5O. The summed E-state index contributed by atoms with van der Waals surface area (Å²) in [4.78, 5) is 21.6. The second kappa shape index (κ2) is 14.3. The van der Waals surface area contributed by atoms with Crippen molar-refractivity contribution < 1.29 is 4.79 Å². The molecule has 1 aliphatic rings. The number of hydrogen-bond acceptors (Lipinski definition) is 4. The first-order chi connectivity index (χ1) is 13.7. The SMILES string of the molecule is CC.CN=C(/C(NC=NCC1CCNCC1)=C(\C)C(=O)NCC(C)C)C(C)(C)C. The maximum atomic E-state index is 12.6. The smallest absolute Gasteiger partial charge is 0.249 e. The first-order valence-electron chi connectivity index (χ1n) is 11.1. The van der Waals surface area contributed by atoms with Gasteiger partial charge in [0, 0.05) is 31.1 Å². The minimum absolute atomic E-state index is 0.0663. The average molecular weight is 408 g/mol. The van der Waals surface area contributed by atoms with Crippen molar-refractivity contribution in [1.82, 2.24) is 16.0 Å². The van der Waals surface area contributed by atoms with E-state index in [9.17, 15) is 4.79 Å². The highest BCUT2D eigenvalue weighted by molar-refractivity contribution is 6.10. The number of allylic oxidation sites excluding steroid dienone is 1. The van der Waals surface area contributed by atoms with Crippen molar-refractivity contribution in [2.45, 2.75) is 68.2 Å². The Kier molecular flexibility index (Phi) is 13.5. The van der Waals surface area contributed by atoms with Gasteiger partial charge in [-0.25, -0.2) is 0 Å². The van der Waals surface area contributed by atoms with Crippen LogP contribution in [0.4, 0.5) is 0 Å². The Morgan fingerprint density at radius 1 is 1.21 bits per heavy atom. The molecule has 6 nitrogen and oxygen atoms in total. The largest absolute Gasteiger partial charge is 0.352 e. The van der Waals surface area contributed by atoms with E-state index in [1.807, 2.05) is 20.8 Å². The Morgan fingerprint density at radius 3 is 2.28 bits per heavy atom. The quantitative estimate of drug-likeness (QED) is 0.325. The second-order valence-electron chi connectivity index (χ2n) is 8.76. The van der Waals surface area contributed by atoms with Gasteiger partial charge in [-0.1, -0.05) is 48.5 Å². The van der Waals surface area contributed by atoms with E-state index in [0.29, 0.717) is 24.0 Å². The van der Waals surface area contributed by atoms with Gasteiger partial charge in [-0.2, -0.15) is 0 Å². The summed E-state index contributed by atoms with van der Waals surface area (Å²) in [6.07, 6.45) is 4.06. The van der Waals surface area contributed by atoms with E-state index < -0.39 is 0 Å². The van der Waals surface area contributed by atoms with Crippen LogP contribution in [0.25, 0.3) is 0 Å². The highest BCUT2D eigenvalue weighted by atomic mass is 16.1. The van der Waals surface area contributed by atoms with E-state index in [1.165, 1.54) is 12.8 Å². The number of nitrogens with zero attached hydrogens (tertiary/aromatic N) is 2. The minimum Gasteiger partial charge on any atom is -0.352 e. The molecule has 1 aliphatic heterocycles. The molecule has 0 aliphatic carbocycles. The molecule has 0 bridgehead atoms. The molecule has 0 aromatic rings. The summed E-state index contributed by atoms with van der Waals surface area (Å²) in [5.74, 6) is 0.976. The fourth-order valence-electron chi connectivity index (χ4n) is 3.10. The van der Waals surface area contributed by atoms with Gasteiger partial charge in [-0.3, -0.25) is 14.8 Å². The Bertz CT molecular complexity index is 564. The van der Waals surface area contributed by atoms with Gasteiger partial charge >= 0.3 is 0 Å². The summed E-state index contributed by atoms with van der Waals surface area (Å²) < 4.78 is 0. The van der Waals surface area contributed by atoms with Crippen LogP contribution >= 0.6 is 0 Å². The Morgan fingerprint density at radius 2 is 1.79 bits per heavy atom. The molecule has 0 atom stereocenters. The van der Waals surface area contributed by atoms with Gasteiger partial charge in [-0.15, -0.1) is 0 Å². The fraction of sp³-hybridized carbons (Fsp3) is 0.783. The number of amides is 1. The molecule has 1 fully saturated rings. The van der Waals surface area contributed by atoms with E-state index in [4.69, 9.17) is 0 Å². The van der Waals surface area contributed by atoms with Crippen LogP contribution < -0.4 is 16.0 Å². The lowest BCUT2D eigenvalue weighted by molar-refractivity contribution is -0.117. The van der Waals surface area contributed by atoms with Crippen molar-refractivity contribution in [3.05, 3.63) is 11.3 Å². The Hall–Kier alpha value is -1.69. The maximum absolute atomic E-state index is 12.6. The molecule has 0 aromatic carbocycles.